The second-order valence-corrected chi connectivity index (χ2v) is 6.58. The molecule has 0 radical (unpaired) electrons. The molecule has 0 saturated heterocycles. The average molecular weight is 353 g/mol. The van der Waals surface area contributed by atoms with Crippen molar-refractivity contribution in [2.75, 3.05) is 13.2 Å². The zero-order chi connectivity index (χ0) is 18.5. The van der Waals surface area contributed by atoms with Crippen LogP contribution >= 0.6 is 0 Å². The molecule has 0 aromatic heterocycles. The lowest BCUT2D eigenvalue weighted by atomic mass is 9.99. The lowest BCUT2D eigenvalue weighted by Crippen LogP contribution is -2.00. The Kier molecular flexibility index (Phi) is 9.42. The summed E-state index contributed by atoms with van der Waals surface area (Å²) in [7, 11) is 0. The first kappa shape index (κ1) is 20.1. The van der Waals surface area contributed by atoms with Crippen LogP contribution in [-0.4, -0.2) is 13.2 Å². The maximum absolute atomic E-state index is 5.72. The minimum atomic E-state index is 0.451. The third-order valence-electron chi connectivity index (χ3n) is 4.27. The summed E-state index contributed by atoms with van der Waals surface area (Å²) in [6.45, 7) is 5.96. The molecule has 2 heteroatoms. The molecule has 1 aromatic carbocycles. The minimum absolute atomic E-state index is 0.451. The second-order valence-electron chi connectivity index (χ2n) is 6.58. The Morgan fingerprint density at radius 1 is 0.962 bits per heavy atom. The quantitative estimate of drug-likeness (QED) is 0.325. The summed E-state index contributed by atoms with van der Waals surface area (Å²) < 4.78 is 11.4. The van der Waals surface area contributed by atoms with E-state index in [0.717, 1.165) is 50.4 Å². The molecule has 1 aliphatic carbocycles. The Labute approximate surface area is 158 Å². The highest BCUT2D eigenvalue weighted by Crippen LogP contribution is 2.19. The van der Waals surface area contributed by atoms with E-state index in [9.17, 15) is 0 Å². The molecule has 1 unspecified atom stereocenters. The summed E-state index contributed by atoms with van der Waals surface area (Å²) in [5, 5.41) is 0. The van der Waals surface area contributed by atoms with Crippen molar-refractivity contribution in [2.45, 2.75) is 46.0 Å². The van der Waals surface area contributed by atoms with E-state index in [1.165, 1.54) is 12.0 Å². The Balaban J connectivity index is 1.72. The van der Waals surface area contributed by atoms with Crippen LogP contribution in [0.1, 0.15) is 51.5 Å². The highest BCUT2D eigenvalue weighted by atomic mass is 16.5. The minimum Gasteiger partial charge on any atom is -0.494 e. The van der Waals surface area contributed by atoms with E-state index in [1.807, 2.05) is 12.1 Å². The molecule has 140 valence electrons. The van der Waals surface area contributed by atoms with Crippen molar-refractivity contribution >= 4 is 6.08 Å². The van der Waals surface area contributed by atoms with E-state index in [4.69, 9.17) is 9.47 Å². The van der Waals surface area contributed by atoms with Crippen molar-refractivity contribution in [3.63, 3.8) is 0 Å². The number of benzene rings is 1. The highest BCUT2D eigenvalue weighted by Gasteiger charge is 2.05. The summed E-state index contributed by atoms with van der Waals surface area (Å²) >= 11 is 0. The molecule has 1 aromatic rings. The van der Waals surface area contributed by atoms with Gasteiger partial charge < -0.3 is 9.47 Å². The van der Waals surface area contributed by atoms with E-state index < -0.39 is 0 Å². The zero-order valence-corrected chi connectivity index (χ0v) is 16.2. The van der Waals surface area contributed by atoms with Crippen LogP contribution in [0.4, 0.5) is 0 Å². The molecule has 0 amide bonds. The van der Waals surface area contributed by atoms with Crippen LogP contribution in [0.5, 0.6) is 5.75 Å². The molecule has 0 aliphatic heterocycles. The fourth-order valence-corrected chi connectivity index (χ4v) is 2.58. The normalized spacial score (nSPS) is 17.0. The number of rotatable bonds is 11. The molecular weight excluding hydrogens is 320 g/mol. The monoisotopic (exact) mass is 352 g/mol. The largest absolute Gasteiger partial charge is 0.494 e. The number of hydrogen-bond donors (Lipinski definition) is 0. The van der Waals surface area contributed by atoms with Gasteiger partial charge in [0.2, 0.25) is 0 Å². The first-order valence-electron chi connectivity index (χ1n) is 9.90. The first-order chi connectivity index (χ1) is 12.8. The molecular formula is C24H32O2. The molecule has 2 rings (SSSR count). The van der Waals surface area contributed by atoms with Gasteiger partial charge in [0.25, 0.3) is 0 Å². The first-order valence-corrected chi connectivity index (χ1v) is 9.90. The highest BCUT2D eigenvalue weighted by molar-refractivity contribution is 5.52. The molecule has 1 atom stereocenters. The van der Waals surface area contributed by atoms with Crippen LogP contribution in [0.15, 0.2) is 66.5 Å². The lowest BCUT2D eigenvalue weighted by molar-refractivity contribution is 0.216. The van der Waals surface area contributed by atoms with Crippen molar-refractivity contribution < 1.29 is 9.47 Å². The van der Waals surface area contributed by atoms with Gasteiger partial charge in [-0.15, -0.1) is 0 Å². The maximum Gasteiger partial charge on any atom is 0.119 e. The molecule has 0 spiro atoms. The van der Waals surface area contributed by atoms with Crippen molar-refractivity contribution in [1.82, 2.24) is 0 Å². The van der Waals surface area contributed by atoms with Gasteiger partial charge in [-0.05, 0) is 55.0 Å². The van der Waals surface area contributed by atoms with Gasteiger partial charge in [-0.1, -0.05) is 69.2 Å². The number of ether oxygens (including phenoxy) is 2. The van der Waals surface area contributed by atoms with Crippen LogP contribution in [0.2, 0.25) is 0 Å². The number of unbranched alkanes of at least 4 members (excludes halogenated alkanes) is 2. The SMILES string of the molecule is CCCCOC1=CCC(/C=C/C=C/c2ccc(OCCCC)cc2)C=C1. The smallest absolute Gasteiger partial charge is 0.119 e. The van der Waals surface area contributed by atoms with E-state index in [1.54, 1.807) is 0 Å². The summed E-state index contributed by atoms with van der Waals surface area (Å²) in [5.41, 5.74) is 1.18. The molecule has 0 fully saturated rings. The Morgan fingerprint density at radius 3 is 2.35 bits per heavy atom. The van der Waals surface area contributed by atoms with Crippen LogP contribution in [0.25, 0.3) is 6.08 Å². The van der Waals surface area contributed by atoms with Crippen molar-refractivity contribution in [3.05, 3.63) is 72.0 Å². The summed E-state index contributed by atoms with van der Waals surface area (Å²) in [6.07, 6.45) is 20.6. The van der Waals surface area contributed by atoms with Gasteiger partial charge in [-0.25, -0.2) is 0 Å². The fourth-order valence-electron chi connectivity index (χ4n) is 2.58. The van der Waals surface area contributed by atoms with Crippen LogP contribution in [0.3, 0.4) is 0 Å². The van der Waals surface area contributed by atoms with Gasteiger partial charge in [0.1, 0.15) is 11.5 Å². The molecule has 0 N–H and O–H groups in total. The molecule has 0 saturated carbocycles. The molecule has 0 bridgehead atoms. The van der Waals surface area contributed by atoms with Gasteiger partial charge in [0, 0.05) is 0 Å². The predicted octanol–water partition coefficient (Wildman–Crippen LogP) is 6.71. The Bertz CT molecular complexity index is 620. The predicted molar refractivity (Wildman–Crippen MR) is 111 cm³/mol. The van der Waals surface area contributed by atoms with Gasteiger partial charge in [0.15, 0.2) is 0 Å². The molecule has 0 heterocycles. The van der Waals surface area contributed by atoms with E-state index >= 15 is 0 Å². The fraction of sp³-hybridized carbons (Fsp3) is 0.417. The topological polar surface area (TPSA) is 18.5 Å². The summed E-state index contributed by atoms with van der Waals surface area (Å²) in [6, 6.07) is 8.26. The maximum atomic E-state index is 5.72. The number of hydrogen-bond acceptors (Lipinski definition) is 2. The number of allylic oxidation sites excluding steroid dienone is 6. The second kappa shape index (κ2) is 12.2. The van der Waals surface area contributed by atoms with Crippen LogP contribution in [0, 0.1) is 5.92 Å². The Hall–Kier alpha value is -2.22. The third kappa shape index (κ3) is 7.77. The molecule has 2 nitrogen and oxygen atoms in total. The summed E-state index contributed by atoms with van der Waals surface area (Å²) in [4.78, 5) is 0. The van der Waals surface area contributed by atoms with Crippen molar-refractivity contribution in [1.29, 1.82) is 0 Å². The van der Waals surface area contributed by atoms with Gasteiger partial charge in [0.05, 0.1) is 13.2 Å². The van der Waals surface area contributed by atoms with Crippen molar-refractivity contribution in [2.24, 2.45) is 5.92 Å². The van der Waals surface area contributed by atoms with Gasteiger partial charge >= 0.3 is 0 Å². The molecule has 26 heavy (non-hydrogen) atoms. The van der Waals surface area contributed by atoms with E-state index in [2.05, 4.69) is 68.5 Å². The summed E-state index contributed by atoms with van der Waals surface area (Å²) in [5.74, 6) is 2.41. The Morgan fingerprint density at radius 2 is 1.69 bits per heavy atom. The van der Waals surface area contributed by atoms with Crippen LogP contribution in [-0.2, 0) is 4.74 Å². The van der Waals surface area contributed by atoms with E-state index in [0.29, 0.717) is 5.92 Å². The van der Waals surface area contributed by atoms with Gasteiger partial charge in [-0.2, -0.15) is 0 Å². The van der Waals surface area contributed by atoms with E-state index in [-0.39, 0.29) is 0 Å². The lowest BCUT2D eigenvalue weighted by Gasteiger charge is -2.13. The zero-order valence-electron chi connectivity index (χ0n) is 16.2. The van der Waals surface area contributed by atoms with Crippen LogP contribution < -0.4 is 4.74 Å². The standard InChI is InChI=1S/C24H32O2/c1-3-5-19-25-23-15-11-21(12-16-23)9-7-8-10-22-13-17-24(18-14-22)26-20-6-4-2/h7-13,15-18,22H,3-6,14,19-20H2,1-2H3/b9-7+,10-8+. The van der Waals surface area contributed by atoms with Gasteiger partial charge in [-0.3, -0.25) is 0 Å². The molecule has 1 aliphatic rings. The third-order valence-corrected chi connectivity index (χ3v) is 4.27. The average Bonchev–Trinajstić information content (AvgIpc) is 2.68. The van der Waals surface area contributed by atoms with Crippen molar-refractivity contribution in [3.8, 4) is 5.75 Å².